The first-order chi connectivity index (χ1) is 12.4. The Kier molecular flexibility index (Phi) is 4.22. The number of benzene rings is 1. The maximum atomic E-state index is 12.0. The Morgan fingerprint density at radius 3 is 2.81 bits per heavy atom. The number of rotatable bonds is 2. The van der Waals surface area contributed by atoms with Gasteiger partial charge in [-0.1, -0.05) is 23.2 Å². The standard InChI is InChI=1S/C18H18Cl2N4O2/c1-9-11(6-21-23(9)2)10-5-13(19)17(20)18-16(10)12-7-24(15(26)8-25)4-3-14(12)22-18/h5-6,22,25H,3-4,7-8H2,1-2H3. The van der Waals surface area contributed by atoms with Gasteiger partial charge >= 0.3 is 0 Å². The lowest BCUT2D eigenvalue weighted by atomic mass is 9.96. The molecule has 0 atom stereocenters. The van der Waals surface area contributed by atoms with Crippen molar-refractivity contribution >= 4 is 40.0 Å². The molecule has 0 radical (unpaired) electrons. The Hall–Kier alpha value is -2.02. The summed E-state index contributed by atoms with van der Waals surface area (Å²) in [6.45, 7) is 2.50. The average Bonchev–Trinajstić information content (AvgIpc) is 3.18. The average molecular weight is 393 g/mol. The monoisotopic (exact) mass is 392 g/mol. The van der Waals surface area contributed by atoms with Crippen LogP contribution in [0.2, 0.25) is 10.0 Å². The summed E-state index contributed by atoms with van der Waals surface area (Å²) in [5.74, 6) is -0.274. The number of fused-ring (bicyclic) bond motifs is 3. The lowest BCUT2D eigenvalue weighted by Crippen LogP contribution is -2.37. The molecule has 2 aromatic heterocycles. The maximum absolute atomic E-state index is 12.0. The Morgan fingerprint density at radius 2 is 2.15 bits per heavy atom. The molecule has 8 heteroatoms. The summed E-state index contributed by atoms with van der Waals surface area (Å²) >= 11 is 12.9. The highest BCUT2D eigenvalue weighted by atomic mass is 35.5. The minimum absolute atomic E-state index is 0.274. The number of hydrogen-bond donors (Lipinski definition) is 2. The highest BCUT2D eigenvalue weighted by Crippen LogP contribution is 2.42. The predicted molar refractivity (Wildman–Crippen MR) is 101 cm³/mol. The van der Waals surface area contributed by atoms with Crippen LogP contribution in [0.15, 0.2) is 12.3 Å². The summed E-state index contributed by atoms with van der Waals surface area (Å²) in [6.07, 6.45) is 2.49. The van der Waals surface area contributed by atoms with E-state index in [-0.39, 0.29) is 5.91 Å². The number of hydrogen-bond acceptors (Lipinski definition) is 3. The largest absolute Gasteiger partial charge is 0.387 e. The van der Waals surface area contributed by atoms with Gasteiger partial charge in [0.2, 0.25) is 5.91 Å². The third kappa shape index (κ3) is 2.52. The van der Waals surface area contributed by atoms with Crippen molar-refractivity contribution in [2.75, 3.05) is 13.2 Å². The molecule has 6 nitrogen and oxygen atoms in total. The number of halogens is 2. The minimum Gasteiger partial charge on any atom is -0.387 e. The summed E-state index contributed by atoms with van der Waals surface area (Å²) in [5.41, 5.74) is 5.78. The molecule has 0 aliphatic carbocycles. The van der Waals surface area contributed by atoms with Crippen molar-refractivity contribution in [3.63, 3.8) is 0 Å². The molecule has 0 saturated heterocycles. The van der Waals surface area contributed by atoms with Gasteiger partial charge in [-0.3, -0.25) is 9.48 Å². The number of aromatic amines is 1. The van der Waals surface area contributed by atoms with E-state index < -0.39 is 6.61 Å². The van der Waals surface area contributed by atoms with Crippen LogP contribution in [0.1, 0.15) is 17.0 Å². The van der Waals surface area contributed by atoms with Crippen molar-refractivity contribution in [3.8, 4) is 11.1 Å². The smallest absolute Gasteiger partial charge is 0.248 e. The summed E-state index contributed by atoms with van der Waals surface area (Å²) in [7, 11) is 1.89. The van der Waals surface area contributed by atoms with E-state index in [0.29, 0.717) is 29.6 Å². The Balaban J connectivity index is 1.99. The van der Waals surface area contributed by atoms with Gasteiger partial charge in [0, 0.05) is 54.5 Å². The van der Waals surface area contributed by atoms with E-state index in [1.807, 2.05) is 30.9 Å². The molecule has 2 N–H and O–H groups in total. The second-order valence-corrected chi connectivity index (χ2v) is 7.33. The van der Waals surface area contributed by atoms with Gasteiger partial charge in [0.1, 0.15) is 6.61 Å². The molecule has 0 saturated carbocycles. The zero-order valence-electron chi connectivity index (χ0n) is 14.4. The normalized spacial score (nSPS) is 14.1. The first-order valence-corrected chi connectivity index (χ1v) is 9.07. The topological polar surface area (TPSA) is 74.2 Å². The highest BCUT2D eigenvalue weighted by Gasteiger charge is 2.27. The van der Waals surface area contributed by atoms with Gasteiger partial charge in [-0.15, -0.1) is 0 Å². The quantitative estimate of drug-likeness (QED) is 0.703. The van der Waals surface area contributed by atoms with Crippen molar-refractivity contribution in [2.24, 2.45) is 7.05 Å². The number of carbonyl (C=O) groups excluding carboxylic acids is 1. The first kappa shape index (κ1) is 17.4. The number of amides is 1. The van der Waals surface area contributed by atoms with E-state index in [9.17, 15) is 9.90 Å². The van der Waals surface area contributed by atoms with Crippen molar-refractivity contribution < 1.29 is 9.90 Å². The highest BCUT2D eigenvalue weighted by molar-refractivity contribution is 6.45. The second kappa shape index (κ2) is 6.30. The van der Waals surface area contributed by atoms with Crippen LogP contribution in [0.3, 0.4) is 0 Å². The molecular formula is C18H18Cl2N4O2. The van der Waals surface area contributed by atoms with Crippen LogP contribution in [-0.2, 0) is 24.8 Å². The molecule has 1 aliphatic rings. The van der Waals surface area contributed by atoms with E-state index in [1.165, 1.54) is 0 Å². The van der Waals surface area contributed by atoms with E-state index in [4.69, 9.17) is 23.2 Å². The van der Waals surface area contributed by atoms with Gasteiger partial charge in [0.15, 0.2) is 0 Å². The van der Waals surface area contributed by atoms with Crippen LogP contribution in [0.5, 0.6) is 0 Å². The molecule has 1 amide bonds. The third-order valence-electron chi connectivity index (χ3n) is 5.16. The van der Waals surface area contributed by atoms with Crippen LogP contribution < -0.4 is 0 Å². The number of aryl methyl sites for hydroxylation is 1. The van der Waals surface area contributed by atoms with Crippen molar-refractivity contribution in [1.82, 2.24) is 19.7 Å². The van der Waals surface area contributed by atoms with Gasteiger partial charge in [-0.25, -0.2) is 0 Å². The summed E-state index contributed by atoms with van der Waals surface area (Å²) in [6, 6.07) is 1.86. The maximum Gasteiger partial charge on any atom is 0.248 e. The number of nitrogens with zero attached hydrogens (tertiary/aromatic N) is 3. The zero-order chi connectivity index (χ0) is 18.6. The van der Waals surface area contributed by atoms with Gasteiger partial charge in [0.05, 0.1) is 21.8 Å². The fourth-order valence-corrected chi connectivity index (χ4v) is 4.03. The van der Waals surface area contributed by atoms with Crippen molar-refractivity contribution in [2.45, 2.75) is 19.9 Å². The van der Waals surface area contributed by atoms with Gasteiger partial charge < -0.3 is 15.0 Å². The molecule has 1 aliphatic heterocycles. The molecule has 0 spiro atoms. The zero-order valence-corrected chi connectivity index (χ0v) is 15.9. The Bertz CT molecular complexity index is 1040. The number of H-pyrrole nitrogens is 1. The summed E-state index contributed by atoms with van der Waals surface area (Å²) in [5, 5.41) is 15.4. The summed E-state index contributed by atoms with van der Waals surface area (Å²) in [4.78, 5) is 17.0. The SMILES string of the molecule is Cc1c(-c2cc(Cl)c(Cl)c3[nH]c4c(c23)CN(C(=O)CO)CC4)cnn1C. The van der Waals surface area contributed by atoms with Crippen LogP contribution in [0.4, 0.5) is 0 Å². The number of aromatic nitrogens is 3. The van der Waals surface area contributed by atoms with Crippen LogP contribution in [0.25, 0.3) is 22.0 Å². The van der Waals surface area contributed by atoms with Gasteiger partial charge in [-0.2, -0.15) is 5.10 Å². The summed E-state index contributed by atoms with van der Waals surface area (Å²) < 4.78 is 1.81. The van der Waals surface area contributed by atoms with E-state index in [0.717, 1.165) is 39.0 Å². The second-order valence-electron chi connectivity index (χ2n) is 6.54. The van der Waals surface area contributed by atoms with Crippen LogP contribution >= 0.6 is 23.2 Å². The Labute approximate surface area is 160 Å². The molecular weight excluding hydrogens is 375 g/mol. The van der Waals surface area contributed by atoms with E-state index in [1.54, 1.807) is 4.90 Å². The van der Waals surface area contributed by atoms with Crippen LogP contribution in [0, 0.1) is 6.92 Å². The van der Waals surface area contributed by atoms with Gasteiger partial charge in [0.25, 0.3) is 0 Å². The third-order valence-corrected chi connectivity index (χ3v) is 5.94. The lowest BCUT2D eigenvalue weighted by molar-refractivity contribution is -0.135. The number of aliphatic hydroxyl groups is 1. The molecule has 4 rings (SSSR count). The van der Waals surface area contributed by atoms with Crippen molar-refractivity contribution in [3.05, 3.63) is 39.3 Å². The molecule has 26 heavy (non-hydrogen) atoms. The van der Waals surface area contributed by atoms with E-state index >= 15 is 0 Å². The number of carbonyl (C=O) groups is 1. The fraction of sp³-hybridized carbons (Fsp3) is 0.333. The predicted octanol–water partition coefficient (Wildman–Crippen LogP) is 3.06. The molecule has 3 heterocycles. The molecule has 136 valence electrons. The van der Waals surface area contributed by atoms with Crippen LogP contribution in [-0.4, -0.2) is 43.8 Å². The van der Waals surface area contributed by atoms with E-state index in [2.05, 4.69) is 10.1 Å². The van der Waals surface area contributed by atoms with Gasteiger partial charge in [-0.05, 0) is 18.6 Å². The molecule has 1 aromatic carbocycles. The number of aliphatic hydroxyl groups excluding tert-OH is 1. The lowest BCUT2D eigenvalue weighted by Gasteiger charge is -2.27. The molecule has 0 bridgehead atoms. The minimum atomic E-state index is -0.487. The molecule has 0 unspecified atom stereocenters. The van der Waals surface area contributed by atoms with Crippen molar-refractivity contribution in [1.29, 1.82) is 0 Å². The first-order valence-electron chi connectivity index (χ1n) is 8.31. The Morgan fingerprint density at radius 1 is 1.38 bits per heavy atom. The fourth-order valence-electron chi connectivity index (χ4n) is 3.63. The molecule has 0 fully saturated rings. The molecule has 3 aromatic rings. The number of nitrogens with one attached hydrogen (secondary N) is 1.